The summed E-state index contributed by atoms with van der Waals surface area (Å²) in [5.41, 5.74) is -0.189. The summed E-state index contributed by atoms with van der Waals surface area (Å²) >= 11 is 3.00. The molecule has 0 bridgehead atoms. The van der Waals surface area contributed by atoms with Crippen LogP contribution in [0.3, 0.4) is 0 Å². The van der Waals surface area contributed by atoms with E-state index in [0.717, 1.165) is 12.1 Å². The first-order valence-corrected chi connectivity index (χ1v) is 6.69. The average Bonchev–Trinajstić information content (AvgIpc) is 2.48. The van der Waals surface area contributed by atoms with Gasteiger partial charge in [0.1, 0.15) is 28.7 Å². The highest BCUT2D eigenvalue weighted by atomic mass is 79.9. The van der Waals surface area contributed by atoms with E-state index >= 15 is 0 Å². The second-order valence-electron chi connectivity index (χ2n) is 4.11. The molecule has 0 atom stereocenters. The maximum Gasteiger partial charge on any atom is 0.203 e. The van der Waals surface area contributed by atoms with E-state index in [9.17, 15) is 13.6 Å². The molecule has 0 spiro atoms. The Bertz CT molecular complexity index is 702. The predicted molar refractivity (Wildman–Crippen MR) is 77.0 cm³/mol. The molecule has 0 radical (unpaired) electrons. The van der Waals surface area contributed by atoms with Crippen LogP contribution in [0.15, 0.2) is 34.8 Å². The van der Waals surface area contributed by atoms with E-state index in [2.05, 4.69) is 15.9 Å². The lowest BCUT2D eigenvalue weighted by Gasteiger charge is -2.12. The summed E-state index contributed by atoms with van der Waals surface area (Å²) < 4.78 is 37.5. The van der Waals surface area contributed by atoms with Crippen LogP contribution in [0.25, 0.3) is 0 Å². The molecule has 3 nitrogen and oxygen atoms in total. The number of halogens is 3. The van der Waals surface area contributed by atoms with E-state index in [0.29, 0.717) is 0 Å². The van der Waals surface area contributed by atoms with E-state index in [1.54, 1.807) is 0 Å². The zero-order valence-electron chi connectivity index (χ0n) is 11.2. The number of ether oxygens (including phenoxy) is 2. The van der Waals surface area contributed by atoms with Crippen molar-refractivity contribution in [2.45, 2.75) is 0 Å². The highest BCUT2D eigenvalue weighted by Gasteiger charge is 2.23. The van der Waals surface area contributed by atoms with Gasteiger partial charge in [0.15, 0.2) is 0 Å². The summed E-state index contributed by atoms with van der Waals surface area (Å²) in [4.78, 5) is 12.5. The summed E-state index contributed by atoms with van der Waals surface area (Å²) in [6, 6.07) is 6.37. The molecule has 0 fully saturated rings. The standard InChI is InChI=1S/C15H11BrF2O3/c1-20-12-5-3-4-10(17)14(12)15(19)8-6-9(16)11(18)7-13(8)21-2/h3-7H,1-2H3. The first kappa shape index (κ1) is 15.4. The first-order valence-electron chi connectivity index (χ1n) is 5.89. The molecule has 0 N–H and O–H groups in total. The molecular weight excluding hydrogens is 346 g/mol. The first-order chi connectivity index (χ1) is 9.99. The van der Waals surface area contributed by atoms with E-state index < -0.39 is 17.4 Å². The Morgan fingerprint density at radius 2 is 1.71 bits per heavy atom. The van der Waals surface area contributed by atoms with Crippen molar-refractivity contribution in [3.05, 3.63) is 57.6 Å². The molecule has 6 heteroatoms. The van der Waals surface area contributed by atoms with E-state index in [4.69, 9.17) is 9.47 Å². The summed E-state index contributed by atoms with van der Waals surface area (Å²) in [5.74, 6) is -1.83. The summed E-state index contributed by atoms with van der Waals surface area (Å²) in [6.45, 7) is 0. The molecule has 2 aromatic carbocycles. The molecule has 0 unspecified atom stereocenters. The third-order valence-electron chi connectivity index (χ3n) is 2.91. The number of benzene rings is 2. The van der Waals surface area contributed by atoms with Gasteiger partial charge in [-0.15, -0.1) is 0 Å². The van der Waals surface area contributed by atoms with Gasteiger partial charge < -0.3 is 9.47 Å². The molecule has 0 saturated heterocycles. The fourth-order valence-corrected chi connectivity index (χ4v) is 2.25. The van der Waals surface area contributed by atoms with Crippen LogP contribution in [0.5, 0.6) is 11.5 Å². The monoisotopic (exact) mass is 356 g/mol. The molecule has 2 aromatic rings. The number of carbonyl (C=O) groups is 1. The minimum atomic E-state index is -0.721. The molecule has 0 aliphatic rings. The van der Waals surface area contributed by atoms with Gasteiger partial charge in [-0.3, -0.25) is 4.79 Å². The van der Waals surface area contributed by atoms with Crippen molar-refractivity contribution in [3.63, 3.8) is 0 Å². The largest absolute Gasteiger partial charge is 0.496 e. The Morgan fingerprint density at radius 3 is 2.33 bits per heavy atom. The Hall–Kier alpha value is -1.95. The van der Waals surface area contributed by atoms with Crippen LogP contribution in [0.4, 0.5) is 8.78 Å². The molecular formula is C15H11BrF2O3. The van der Waals surface area contributed by atoms with Crippen molar-refractivity contribution < 1.29 is 23.0 Å². The Kier molecular flexibility index (Phi) is 4.57. The number of ketones is 1. The Balaban J connectivity index is 2.63. The molecule has 0 amide bonds. The average molecular weight is 357 g/mol. The molecule has 110 valence electrons. The van der Waals surface area contributed by atoms with Gasteiger partial charge in [-0.2, -0.15) is 0 Å². The maximum absolute atomic E-state index is 14.0. The van der Waals surface area contributed by atoms with Gasteiger partial charge in [0, 0.05) is 6.07 Å². The maximum atomic E-state index is 14.0. The molecule has 0 aliphatic carbocycles. The van der Waals surface area contributed by atoms with Crippen molar-refractivity contribution >= 4 is 21.7 Å². The van der Waals surface area contributed by atoms with Gasteiger partial charge in [0.2, 0.25) is 5.78 Å². The highest BCUT2D eigenvalue weighted by molar-refractivity contribution is 9.10. The van der Waals surface area contributed by atoms with Crippen LogP contribution in [0.1, 0.15) is 15.9 Å². The van der Waals surface area contributed by atoms with Crippen LogP contribution in [-0.4, -0.2) is 20.0 Å². The Labute approximate surface area is 128 Å². The van der Waals surface area contributed by atoms with Crippen LogP contribution in [0, 0.1) is 11.6 Å². The van der Waals surface area contributed by atoms with Crippen molar-refractivity contribution in [1.29, 1.82) is 0 Å². The molecule has 0 aliphatic heterocycles. The minimum absolute atomic E-state index is 0.0195. The third-order valence-corrected chi connectivity index (χ3v) is 3.52. The fraction of sp³-hybridized carbons (Fsp3) is 0.133. The van der Waals surface area contributed by atoms with Gasteiger partial charge >= 0.3 is 0 Å². The van der Waals surface area contributed by atoms with Crippen LogP contribution >= 0.6 is 15.9 Å². The molecule has 0 saturated carbocycles. The van der Waals surface area contributed by atoms with Gasteiger partial charge in [0.25, 0.3) is 0 Å². The minimum Gasteiger partial charge on any atom is -0.496 e. The molecule has 0 aromatic heterocycles. The number of rotatable bonds is 4. The summed E-state index contributed by atoms with van der Waals surface area (Å²) in [6.07, 6.45) is 0. The lowest BCUT2D eigenvalue weighted by atomic mass is 10.0. The van der Waals surface area contributed by atoms with Crippen molar-refractivity contribution in [2.24, 2.45) is 0 Å². The second-order valence-corrected chi connectivity index (χ2v) is 4.97. The second kappa shape index (κ2) is 6.22. The van der Waals surface area contributed by atoms with Gasteiger partial charge in [-0.05, 0) is 34.1 Å². The van der Waals surface area contributed by atoms with Crippen LogP contribution < -0.4 is 9.47 Å². The zero-order chi connectivity index (χ0) is 15.6. The highest BCUT2D eigenvalue weighted by Crippen LogP contribution is 2.31. The van der Waals surface area contributed by atoms with Crippen LogP contribution in [0.2, 0.25) is 0 Å². The third kappa shape index (κ3) is 2.90. The van der Waals surface area contributed by atoms with Gasteiger partial charge in [0.05, 0.1) is 24.3 Å². The number of hydrogen-bond donors (Lipinski definition) is 0. The number of methoxy groups -OCH3 is 2. The van der Waals surface area contributed by atoms with Gasteiger partial charge in [-0.25, -0.2) is 8.78 Å². The quantitative estimate of drug-likeness (QED) is 0.777. The van der Waals surface area contributed by atoms with Crippen molar-refractivity contribution in [3.8, 4) is 11.5 Å². The summed E-state index contributed by atoms with van der Waals surface area (Å²) in [7, 11) is 2.64. The van der Waals surface area contributed by atoms with Gasteiger partial charge in [-0.1, -0.05) is 6.07 Å². The molecule has 21 heavy (non-hydrogen) atoms. The van der Waals surface area contributed by atoms with E-state index in [1.807, 2.05) is 0 Å². The normalized spacial score (nSPS) is 10.3. The smallest absolute Gasteiger partial charge is 0.203 e. The van der Waals surface area contributed by atoms with E-state index in [1.165, 1.54) is 32.4 Å². The molecule has 0 heterocycles. The van der Waals surface area contributed by atoms with E-state index in [-0.39, 0.29) is 27.1 Å². The van der Waals surface area contributed by atoms with Crippen LogP contribution in [-0.2, 0) is 0 Å². The topological polar surface area (TPSA) is 35.5 Å². The lowest BCUT2D eigenvalue weighted by molar-refractivity contribution is 0.102. The molecule has 2 rings (SSSR count). The summed E-state index contributed by atoms with van der Waals surface area (Å²) in [5, 5.41) is 0. The SMILES string of the molecule is COc1cc(F)c(Br)cc1C(=O)c1c(F)cccc1OC. The zero-order valence-corrected chi connectivity index (χ0v) is 12.8. The fourth-order valence-electron chi connectivity index (χ4n) is 1.90. The number of hydrogen-bond acceptors (Lipinski definition) is 3. The Morgan fingerprint density at radius 1 is 1.05 bits per heavy atom. The predicted octanol–water partition coefficient (Wildman–Crippen LogP) is 3.98. The number of carbonyl (C=O) groups excluding carboxylic acids is 1. The lowest BCUT2D eigenvalue weighted by Crippen LogP contribution is -2.09. The van der Waals surface area contributed by atoms with Crippen molar-refractivity contribution in [1.82, 2.24) is 0 Å². The van der Waals surface area contributed by atoms with Crippen molar-refractivity contribution in [2.75, 3.05) is 14.2 Å².